The summed E-state index contributed by atoms with van der Waals surface area (Å²) in [5.41, 5.74) is 0. The molecule has 0 aromatic heterocycles. The molecule has 0 saturated heterocycles. The van der Waals surface area contributed by atoms with Crippen molar-refractivity contribution in [1.82, 2.24) is 0 Å². The summed E-state index contributed by atoms with van der Waals surface area (Å²) >= 11 is 0. The highest BCUT2D eigenvalue weighted by molar-refractivity contribution is 7.95. The fourth-order valence-corrected chi connectivity index (χ4v) is 2.09. The zero-order valence-corrected chi connectivity index (χ0v) is 10.3. The van der Waals surface area contributed by atoms with Crippen LogP contribution in [0.3, 0.4) is 0 Å². The molecule has 0 aliphatic rings. The third-order valence-electron chi connectivity index (χ3n) is 1.84. The molecule has 0 amide bonds. The van der Waals surface area contributed by atoms with Crippen molar-refractivity contribution in [2.45, 2.75) is 33.1 Å². The first-order valence-corrected chi connectivity index (χ1v) is 6.77. The molecule has 0 aliphatic carbocycles. The van der Waals surface area contributed by atoms with Crippen molar-refractivity contribution < 1.29 is 22.3 Å². The molecule has 4 nitrogen and oxygen atoms in total. The lowest BCUT2D eigenvalue weighted by Crippen LogP contribution is -2.08. The van der Waals surface area contributed by atoms with Gasteiger partial charge in [-0.2, -0.15) is 4.39 Å². The fourth-order valence-electron chi connectivity index (χ4n) is 0.991. The van der Waals surface area contributed by atoms with E-state index in [0.717, 1.165) is 18.9 Å². The van der Waals surface area contributed by atoms with E-state index in [1.807, 2.05) is 6.92 Å². The van der Waals surface area contributed by atoms with Gasteiger partial charge in [0.2, 0.25) is 15.0 Å². The Kier molecular flexibility index (Phi) is 6.96. The standard InChI is InChI=1S/C10H17FO4S/c1-3-4-5-8-16(13,14)10(11)6-7-15-9(2)12/h6H,3-5,7-8H2,1-2H3. The van der Waals surface area contributed by atoms with Crippen molar-refractivity contribution in [2.75, 3.05) is 12.4 Å². The number of rotatable bonds is 7. The van der Waals surface area contributed by atoms with E-state index in [9.17, 15) is 17.6 Å². The number of hydrogen-bond donors (Lipinski definition) is 0. The Hall–Kier alpha value is -0.910. The summed E-state index contributed by atoms with van der Waals surface area (Å²) in [6.45, 7) is 2.75. The predicted octanol–water partition coefficient (Wildman–Crippen LogP) is 1.97. The molecule has 0 atom stereocenters. The van der Waals surface area contributed by atoms with Crippen LogP contribution >= 0.6 is 0 Å². The van der Waals surface area contributed by atoms with Gasteiger partial charge in [0, 0.05) is 13.0 Å². The molecule has 0 fully saturated rings. The van der Waals surface area contributed by atoms with Crippen LogP contribution in [0.15, 0.2) is 11.2 Å². The second-order valence-electron chi connectivity index (χ2n) is 3.34. The molecule has 0 spiro atoms. The van der Waals surface area contributed by atoms with Crippen LogP contribution in [0.1, 0.15) is 33.1 Å². The number of unbranched alkanes of at least 4 members (excludes halogenated alkanes) is 2. The lowest BCUT2D eigenvalue weighted by atomic mass is 10.3. The summed E-state index contributed by atoms with van der Waals surface area (Å²) in [5.74, 6) is -0.782. The van der Waals surface area contributed by atoms with Crippen molar-refractivity contribution in [1.29, 1.82) is 0 Å². The minimum atomic E-state index is -3.83. The van der Waals surface area contributed by atoms with E-state index in [4.69, 9.17) is 0 Å². The monoisotopic (exact) mass is 252 g/mol. The van der Waals surface area contributed by atoms with Gasteiger partial charge in [-0.25, -0.2) is 8.42 Å². The number of hydrogen-bond acceptors (Lipinski definition) is 4. The van der Waals surface area contributed by atoms with Gasteiger partial charge in [0.15, 0.2) is 0 Å². The lowest BCUT2D eigenvalue weighted by Gasteiger charge is -2.01. The highest BCUT2D eigenvalue weighted by Gasteiger charge is 2.16. The van der Waals surface area contributed by atoms with Gasteiger partial charge < -0.3 is 4.74 Å². The molecule has 0 aromatic rings. The first-order chi connectivity index (χ1) is 7.40. The van der Waals surface area contributed by atoms with Crippen LogP contribution in [0.4, 0.5) is 4.39 Å². The maximum absolute atomic E-state index is 13.1. The minimum absolute atomic E-state index is 0.205. The van der Waals surface area contributed by atoms with E-state index in [2.05, 4.69) is 4.74 Å². The number of carbonyl (C=O) groups excluding carboxylic acids is 1. The number of esters is 1. The Labute approximate surface area is 95.4 Å². The maximum Gasteiger partial charge on any atom is 0.302 e. The molecule has 94 valence electrons. The zero-order chi connectivity index (χ0) is 12.6. The molecule has 0 aliphatic heterocycles. The Morgan fingerprint density at radius 2 is 2.00 bits per heavy atom. The van der Waals surface area contributed by atoms with Crippen LogP contribution in [0, 0.1) is 0 Å². The van der Waals surface area contributed by atoms with E-state index in [-0.39, 0.29) is 12.4 Å². The molecule has 16 heavy (non-hydrogen) atoms. The van der Waals surface area contributed by atoms with Crippen molar-refractivity contribution in [2.24, 2.45) is 0 Å². The topological polar surface area (TPSA) is 60.4 Å². The summed E-state index contributed by atoms with van der Waals surface area (Å²) in [5, 5.41) is -1.22. The number of carbonyl (C=O) groups is 1. The fraction of sp³-hybridized carbons (Fsp3) is 0.700. The van der Waals surface area contributed by atoms with Crippen LogP contribution in [0.25, 0.3) is 0 Å². The van der Waals surface area contributed by atoms with E-state index in [1.165, 1.54) is 6.92 Å². The normalized spacial score (nSPS) is 12.6. The van der Waals surface area contributed by atoms with Crippen LogP contribution in [-0.2, 0) is 19.4 Å². The summed E-state index contributed by atoms with van der Waals surface area (Å²) in [6.07, 6.45) is 2.82. The third kappa shape index (κ3) is 6.55. The quantitative estimate of drug-likeness (QED) is 0.513. The largest absolute Gasteiger partial charge is 0.461 e. The van der Waals surface area contributed by atoms with Crippen molar-refractivity contribution in [3.63, 3.8) is 0 Å². The van der Waals surface area contributed by atoms with Gasteiger partial charge in [-0.3, -0.25) is 4.79 Å². The second kappa shape index (κ2) is 7.38. The van der Waals surface area contributed by atoms with Gasteiger partial charge in [-0.05, 0) is 6.42 Å². The van der Waals surface area contributed by atoms with E-state index in [1.54, 1.807) is 0 Å². The van der Waals surface area contributed by atoms with Gasteiger partial charge in [0.1, 0.15) is 6.61 Å². The van der Waals surface area contributed by atoms with E-state index in [0.29, 0.717) is 6.42 Å². The molecule has 6 heteroatoms. The second-order valence-corrected chi connectivity index (χ2v) is 5.36. The first-order valence-electron chi connectivity index (χ1n) is 5.12. The van der Waals surface area contributed by atoms with Gasteiger partial charge in [-0.1, -0.05) is 19.8 Å². The molecule has 0 unspecified atom stereocenters. The zero-order valence-electron chi connectivity index (χ0n) is 9.53. The number of halogens is 1. The summed E-state index contributed by atoms with van der Waals surface area (Å²) in [6, 6.07) is 0. The number of ether oxygens (including phenoxy) is 1. The first kappa shape index (κ1) is 15.1. The van der Waals surface area contributed by atoms with Gasteiger partial charge in [0.25, 0.3) is 0 Å². The molecule has 0 aromatic carbocycles. The minimum Gasteiger partial charge on any atom is -0.461 e. The lowest BCUT2D eigenvalue weighted by molar-refractivity contribution is -0.139. The Morgan fingerprint density at radius 1 is 1.38 bits per heavy atom. The molecular weight excluding hydrogens is 235 g/mol. The van der Waals surface area contributed by atoms with Crippen molar-refractivity contribution >= 4 is 15.8 Å². The van der Waals surface area contributed by atoms with Crippen LogP contribution < -0.4 is 0 Å². The smallest absolute Gasteiger partial charge is 0.302 e. The molecule has 0 rings (SSSR count). The average molecular weight is 252 g/mol. The van der Waals surface area contributed by atoms with Crippen LogP contribution in [-0.4, -0.2) is 26.7 Å². The van der Waals surface area contributed by atoms with E-state index >= 15 is 0 Å². The summed E-state index contributed by atoms with van der Waals surface area (Å²) in [4.78, 5) is 10.4. The van der Waals surface area contributed by atoms with E-state index < -0.39 is 21.0 Å². The Balaban J connectivity index is 4.22. The highest BCUT2D eigenvalue weighted by atomic mass is 32.2. The van der Waals surface area contributed by atoms with Crippen molar-refractivity contribution in [3.8, 4) is 0 Å². The Bertz CT molecular complexity index is 346. The van der Waals surface area contributed by atoms with Gasteiger partial charge in [-0.15, -0.1) is 0 Å². The van der Waals surface area contributed by atoms with Crippen LogP contribution in [0.5, 0.6) is 0 Å². The average Bonchev–Trinajstić information content (AvgIpc) is 2.17. The molecule has 0 N–H and O–H groups in total. The van der Waals surface area contributed by atoms with Crippen molar-refractivity contribution in [3.05, 3.63) is 11.2 Å². The maximum atomic E-state index is 13.1. The SMILES string of the molecule is CCCCCS(=O)(=O)C(F)=CCOC(C)=O. The molecule has 0 heterocycles. The summed E-state index contributed by atoms with van der Waals surface area (Å²) < 4.78 is 40.1. The third-order valence-corrected chi connectivity index (χ3v) is 3.43. The van der Waals surface area contributed by atoms with Crippen LogP contribution in [0.2, 0.25) is 0 Å². The number of sulfone groups is 1. The molecular formula is C10H17FO4S. The molecule has 0 radical (unpaired) electrons. The Morgan fingerprint density at radius 3 is 2.50 bits per heavy atom. The van der Waals surface area contributed by atoms with Gasteiger partial charge in [0.05, 0.1) is 5.75 Å². The molecule has 0 saturated carbocycles. The highest BCUT2D eigenvalue weighted by Crippen LogP contribution is 2.11. The van der Waals surface area contributed by atoms with Gasteiger partial charge >= 0.3 is 5.97 Å². The predicted molar refractivity (Wildman–Crippen MR) is 59.1 cm³/mol. The summed E-state index contributed by atoms with van der Waals surface area (Å²) in [7, 11) is -3.83. The molecule has 0 bridgehead atoms.